The summed E-state index contributed by atoms with van der Waals surface area (Å²) in [4.78, 5) is 26.9. The molecule has 1 N–H and O–H groups in total. The van der Waals surface area contributed by atoms with Gasteiger partial charge in [0.2, 0.25) is 11.8 Å². The molecule has 2 saturated heterocycles. The Morgan fingerprint density at radius 3 is 2.44 bits per heavy atom. The number of β-amino-alcohol motifs (C(OH)–C–C–N with tert-alkyl or cyclic N) is 1. The highest BCUT2D eigenvalue weighted by atomic mass is 16.3. The number of amides is 2. The van der Waals surface area contributed by atoms with E-state index in [2.05, 4.69) is 42.2 Å². The van der Waals surface area contributed by atoms with Crippen LogP contribution in [0, 0.1) is 5.92 Å². The average Bonchev–Trinajstić information content (AvgIpc) is 2.94. The van der Waals surface area contributed by atoms with Crippen molar-refractivity contribution in [3.05, 3.63) is 35.9 Å². The molecule has 2 heterocycles. The van der Waals surface area contributed by atoms with Crippen LogP contribution in [0.3, 0.4) is 0 Å². The SMILES string of the molecule is CC[C@@H]1CN(C[C@H](O)CN2C(=O)CCC2=O)CC[C@H]1c1ccccc1. The molecule has 2 aliphatic heterocycles. The summed E-state index contributed by atoms with van der Waals surface area (Å²) in [6.45, 7) is 4.77. The number of carbonyl (C=O) groups excluding carboxylic acids is 2. The molecule has 0 aliphatic carbocycles. The van der Waals surface area contributed by atoms with Crippen LogP contribution in [0.1, 0.15) is 44.1 Å². The van der Waals surface area contributed by atoms with Crippen molar-refractivity contribution in [1.29, 1.82) is 0 Å². The first kappa shape index (κ1) is 18.1. The first-order valence-electron chi connectivity index (χ1n) is 9.37. The molecule has 2 aliphatic rings. The van der Waals surface area contributed by atoms with E-state index in [0.717, 1.165) is 25.9 Å². The second-order valence-corrected chi connectivity index (χ2v) is 7.29. The summed E-state index contributed by atoms with van der Waals surface area (Å²) in [5.41, 5.74) is 1.41. The number of likely N-dealkylation sites (tertiary alicyclic amines) is 2. The maximum Gasteiger partial charge on any atom is 0.229 e. The van der Waals surface area contributed by atoms with E-state index in [1.165, 1.54) is 10.5 Å². The van der Waals surface area contributed by atoms with Crippen molar-refractivity contribution >= 4 is 11.8 Å². The molecule has 0 spiro atoms. The molecular weight excluding hydrogens is 316 g/mol. The van der Waals surface area contributed by atoms with Gasteiger partial charge in [0.25, 0.3) is 0 Å². The number of rotatable bonds is 6. The van der Waals surface area contributed by atoms with Crippen LogP contribution in [-0.2, 0) is 9.59 Å². The molecule has 2 amide bonds. The third-order valence-corrected chi connectivity index (χ3v) is 5.59. The number of hydrogen-bond acceptors (Lipinski definition) is 4. The summed E-state index contributed by atoms with van der Waals surface area (Å²) in [5.74, 6) is 0.830. The smallest absolute Gasteiger partial charge is 0.229 e. The Kier molecular flexibility index (Phi) is 5.86. The first-order valence-corrected chi connectivity index (χ1v) is 9.37. The minimum atomic E-state index is -0.670. The molecule has 3 atom stereocenters. The zero-order valence-corrected chi connectivity index (χ0v) is 14.9. The molecule has 1 aromatic rings. The van der Waals surface area contributed by atoms with Gasteiger partial charge in [0.1, 0.15) is 0 Å². The minimum Gasteiger partial charge on any atom is -0.390 e. The molecule has 0 bridgehead atoms. The van der Waals surface area contributed by atoms with Gasteiger partial charge in [0, 0.05) is 25.9 Å². The molecule has 0 radical (unpaired) electrons. The molecule has 3 rings (SSSR count). The Balaban J connectivity index is 1.54. The van der Waals surface area contributed by atoms with Gasteiger partial charge in [0.05, 0.1) is 12.6 Å². The van der Waals surface area contributed by atoms with Crippen LogP contribution >= 0.6 is 0 Å². The topological polar surface area (TPSA) is 60.9 Å². The maximum absolute atomic E-state index is 11.7. The Hall–Kier alpha value is -1.72. The van der Waals surface area contributed by atoms with Crippen LogP contribution in [0.4, 0.5) is 0 Å². The summed E-state index contributed by atoms with van der Waals surface area (Å²) in [7, 11) is 0. The lowest BCUT2D eigenvalue weighted by molar-refractivity contribution is -0.140. The molecule has 0 unspecified atom stereocenters. The fourth-order valence-electron chi connectivity index (χ4n) is 4.22. The average molecular weight is 344 g/mol. The molecular formula is C20H28N2O3. The lowest BCUT2D eigenvalue weighted by atomic mass is 9.79. The van der Waals surface area contributed by atoms with Crippen LogP contribution < -0.4 is 0 Å². The summed E-state index contributed by atoms with van der Waals surface area (Å²) < 4.78 is 0. The zero-order valence-electron chi connectivity index (χ0n) is 14.9. The number of benzene rings is 1. The van der Waals surface area contributed by atoms with Gasteiger partial charge in [-0.3, -0.25) is 14.5 Å². The Labute approximate surface area is 149 Å². The third kappa shape index (κ3) is 4.28. The number of aliphatic hydroxyl groups is 1. The summed E-state index contributed by atoms with van der Waals surface area (Å²) >= 11 is 0. The Bertz CT molecular complexity index is 588. The van der Waals surface area contributed by atoms with Crippen LogP contribution in [0.15, 0.2) is 30.3 Å². The highest BCUT2D eigenvalue weighted by Crippen LogP contribution is 2.34. The van der Waals surface area contributed by atoms with Gasteiger partial charge in [-0.25, -0.2) is 0 Å². The molecule has 0 saturated carbocycles. The molecule has 136 valence electrons. The zero-order chi connectivity index (χ0) is 17.8. The van der Waals surface area contributed by atoms with Gasteiger partial charge in [-0.15, -0.1) is 0 Å². The van der Waals surface area contributed by atoms with Crippen molar-refractivity contribution in [2.24, 2.45) is 5.92 Å². The molecule has 5 nitrogen and oxygen atoms in total. The number of imide groups is 1. The second-order valence-electron chi connectivity index (χ2n) is 7.29. The van der Waals surface area contributed by atoms with Crippen molar-refractivity contribution in [2.75, 3.05) is 26.2 Å². The Morgan fingerprint density at radius 2 is 1.80 bits per heavy atom. The Morgan fingerprint density at radius 1 is 1.12 bits per heavy atom. The largest absolute Gasteiger partial charge is 0.390 e. The number of aliphatic hydroxyl groups excluding tert-OH is 1. The van der Waals surface area contributed by atoms with Crippen LogP contribution in [0.5, 0.6) is 0 Å². The van der Waals surface area contributed by atoms with Gasteiger partial charge < -0.3 is 10.0 Å². The predicted molar refractivity (Wildman–Crippen MR) is 96.0 cm³/mol. The van der Waals surface area contributed by atoms with E-state index in [4.69, 9.17) is 0 Å². The van der Waals surface area contributed by atoms with Gasteiger partial charge in [-0.2, -0.15) is 0 Å². The first-order chi connectivity index (χ1) is 12.1. The quantitative estimate of drug-likeness (QED) is 0.802. The molecule has 25 heavy (non-hydrogen) atoms. The summed E-state index contributed by atoms with van der Waals surface area (Å²) in [5, 5.41) is 10.4. The van der Waals surface area contributed by atoms with Crippen molar-refractivity contribution in [2.45, 2.75) is 44.6 Å². The standard InChI is InChI=1S/C20H28N2O3/c1-2-15-12-21(11-10-18(15)16-6-4-3-5-7-16)13-17(23)14-22-19(24)8-9-20(22)25/h3-7,15,17-18,23H,2,8-14H2,1H3/t15-,17+,18-/m1/s1. The van der Waals surface area contributed by atoms with E-state index < -0.39 is 6.10 Å². The van der Waals surface area contributed by atoms with E-state index in [1.807, 2.05) is 0 Å². The minimum absolute atomic E-state index is 0.132. The van der Waals surface area contributed by atoms with E-state index >= 15 is 0 Å². The van der Waals surface area contributed by atoms with Crippen molar-refractivity contribution in [1.82, 2.24) is 9.80 Å². The number of nitrogens with zero attached hydrogens (tertiary/aromatic N) is 2. The second kappa shape index (κ2) is 8.11. The summed E-state index contributed by atoms with van der Waals surface area (Å²) in [6, 6.07) is 10.7. The molecule has 1 aromatic carbocycles. The molecule has 2 fully saturated rings. The monoisotopic (exact) mass is 344 g/mol. The van der Waals surface area contributed by atoms with Crippen LogP contribution in [-0.4, -0.2) is 59.0 Å². The van der Waals surface area contributed by atoms with E-state index in [9.17, 15) is 14.7 Å². The van der Waals surface area contributed by atoms with Crippen molar-refractivity contribution in [3.63, 3.8) is 0 Å². The van der Waals surface area contributed by atoms with Crippen molar-refractivity contribution in [3.8, 4) is 0 Å². The normalized spacial score (nSPS) is 26.2. The number of piperidine rings is 1. The maximum atomic E-state index is 11.7. The third-order valence-electron chi connectivity index (χ3n) is 5.59. The fraction of sp³-hybridized carbons (Fsp3) is 0.600. The van der Waals surface area contributed by atoms with Gasteiger partial charge in [0.15, 0.2) is 0 Å². The lowest BCUT2D eigenvalue weighted by Gasteiger charge is -2.39. The van der Waals surface area contributed by atoms with Gasteiger partial charge in [-0.05, 0) is 30.4 Å². The van der Waals surface area contributed by atoms with Gasteiger partial charge >= 0.3 is 0 Å². The van der Waals surface area contributed by atoms with Gasteiger partial charge in [-0.1, -0.05) is 43.7 Å². The lowest BCUT2D eigenvalue weighted by Crippen LogP contribution is -2.46. The highest BCUT2D eigenvalue weighted by Gasteiger charge is 2.33. The number of hydrogen-bond donors (Lipinski definition) is 1. The van der Waals surface area contributed by atoms with E-state index in [0.29, 0.717) is 18.4 Å². The summed E-state index contributed by atoms with van der Waals surface area (Å²) in [6.07, 6.45) is 2.08. The molecule has 0 aromatic heterocycles. The van der Waals surface area contributed by atoms with Crippen molar-refractivity contribution < 1.29 is 14.7 Å². The number of carbonyl (C=O) groups is 2. The molecule has 5 heteroatoms. The fourth-order valence-corrected chi connectivity index (χ4v) is 4.22. The van der Waals surface area contributed by atoms with E-state index in [-0.39, 0.29) is 31.2 Å². The van der Waals surface area contributed by atoms with Crippen LogP contribution in [0.2, 0.25) is 0 Å². The van der Waals surface area contributed by atoms with Crippen LogP contribution in [0.25, 0.3) is 0 Å². The highest BCUT2D eigenvalue weighted by molar-refractivity contribution is 6.01. The predicted octanol–water partition coefficient (Wildman–Crippen LogP) is 2.01. The van der Waals surface area contributed by atoms with E-state index in [1.54, 1.807) is 0 Å².